The van der Waals surface area contributed by atoms with Crippen LogP contribution in [0.5, 0.6) is 11.5 Å². The first kappa shape index (κ1) is 17.3. The second-order valence-electron chi connectivity index (χ2n) is 7.56. The van der Waals surface area contributed by atoms with Crippen molar-refractivity contribution in [2.24, 2.45) is 0 Å². The minimum atomic E-state index is -0.576. The van der Waals surface area contributed by atoms with E-state index < -0.39 is 7.53 Å². The van der Waals surface area contributed by atoms with Gasteiger partial charge in [0, 0.05) is 10.2 Å². The fraction of sp³-hybridized carbons (Fsp3) is 0.250. The predicted molar refractivity (Wildman–Crippen MR) is 116 cm³/mol. The summed E-state index contributed by atoms with van der Waals surface area (Å²) in [5.74, 6) is 1.79. The summed E-state index contributed by atoms with van der Waals surface area (Å²) in [6.45, 7) is 2.84. The molecule has 4 aromatic rings. The molecule has 0 saturated carbocycles. The first-order valence-corrected chi connectivity index (χ1v) is 11.3. The van der Waals surface area contributed by atoms with Crippen LogP contribution >= 0.6 is 7.53 Å². The summed E-state index contributed by atoms with van der Waals surface area (Å²) in [5, 5.41) is 6.61. The molecule has 2 aliphatic heterocycles. The summed E-state index contributed by atoms with van der Waals surface area (Å²) in [7, 11) is -0.576. The van der Waals surface area contributed by atoms with Crippen molar-refractivity contribution in [2.45, 2.75) is 12.2 Å². The van der Waals surface area contributed by atoms with Gasteiger partial charge in [-0.2, -0.15) is 0 Å². The van der Waals surface area contributed by atoms with Crippen LogP contribution in [0, 0.1) is 0 Å². The van der Waals surface area contributed by atoms with Crippen molar-refractivity contribution in [3.8, 4) is 16.8 Å². The molecule has 1 aromatic heterocycles. The third-order valence-electron chi connectivity index (χ3n) is 5.40. The molecule has 2 aliphatic rings. The number of hydrogen-bond donors (Lipinski definition) is 0. The Morgan fingerprint density at radius 3 is 1.72 bits per heavy atom. The molecule has 29 heavy (non-hydrogen) atoms. The van der Waals surface area contributed by atoms with Gasteiger partial charge in [-0.25, -0.2) is 0 Å². The molecule has 3 aromatic carbocycles. The lowest BCUT2D eigenvalue weighted by Crippen LogP contribution is -2.03. The molecule has 0 N–H and O–H groups in total. The topological polar surface area (TPSA) is 43.5 Å². The third kappa shape index (κ3) is 3.49. The Morgan fingerprint density at radius 2 is 1.24 bits per heavy atom. The zero-order valence-electron chi connectivity index (χ0n) is 15.9. The highest BCUT2D eigenvalue weighted by Crippen LogP contribution is 2.56. The molecule has 0 aliphatic carbocycles. The van der Waals surface area contributed by atoms with Crippen molar-refractivity contribution in [3.63, 3.8) is 0 Å². The largest absolute Gasteiger partial charge is 0.491 e. The van der Waals surface area contributed by atoms with Crippen molar-refractivity contribution in [2.75, 3.05) is 26.4 Å². The van der Waals surface area contributed by atoms with Crippen LogP contribution in [0.2, 0.25) is 0 Å². The standard InChI is InChI=1S/C24H21O4P/c1-2-4-20(5-3-1)29-23-8-6-16(25-12-18-14-27-18)10-21(23)22-11-17(7-9-24(22)29)26-13-19-15-28-19/h1-11,18-19H,12-15H2. The van der Waals surface area contributed by atoms with Crippen LogP contribution in [0.25, 0.3) is 26.3 Å². The minimum absolute atomic E-state index is 0.252. The Hall–Kier alpha value is -2.52. The summed E-state index contributed by atoms with van der Waals surface area (Å²) >= 11 is 0. The van der Waals surface area contributed by atoms with Gasteiger partial charge in [-0.05, 0) is 52.5 Å². The van der Waals surface area contributed by atoms with Crippen molar-refractivity contribution in [1.29, 1.82) is 0 Å². The quantitative estimate of drug-likeness (QED) is 0.380. The Kier molecular flexibility index (Phi) is 4.23. The van der Waals surface area contributed by atoms with E-state index in [1.54, 1.807) is 0 Å². The lowest BCUT2D eigenvalue weighted by Gasteiger charge is -2.06. The first-order valence-electron chi connectivity index (χ1n) is 9.97. The number of benzene rings is 3. The van der Waals surface area contributed by atoms with Crippen LogP contribution in [0.3, 0.4) is 0 Å². The third-order valence-corrected chi connectivity index (χ3v) is 7.96. The maximum absolute atomic E-state index is 5.96. The van der Waals surface area contributed by atoms with Crippen LogP contribution in [-0.4, -0.2) is 38.6 Å². The van der Waals surface area contributed by atoms with Gasteiger partial charge in [-0.3, -0.25) is 0 Å². The molecule has 5 heteroatoms. The fourth-order valence-electron chi connectivity index (χ4n) is 3.72. The molecule has 3 heterocycles. The van der Waals surface area contributed by atoms with Gasteiger partial charge in [-0.1, -0.05) is 37.9 Å². The normalized spacial score (nSPS) is 20.8. The number of epoxide rings is 2. The highest BCUT2D eigenvalue weighted by atomic mass is 31.1. The average molecular weight is 404 g/mol. The molecule has 2 unspecified atom stereocenters. The van der Waals surface area contributed by atoms with Crippen LogP contribution in [0.1, 0.15) is 0 Å². The molecular formula is C24H21O4P. The molecule has 2 saturated heterocycles. The van der Waals surface area contributed by atoms with E-state index in [1.165, 1.54) is 26.3 Å². The summed E-state index contributed by atoms with van der Waals surface area (Å²) in [6.07, 6.45) is 0.503. The van der Waals surface area contributed by atoms with E-state index in [1.807, 2.05) is 0 Å². The zero-order chi connectivity index (χ0) is 19.2. The van der Waals surface area contributed by atoms with Gasteiger partial charge in [0.2, 0.25) is 0 Å². The SMILES string of the molecule is c1ccc(-p2c3ccc(OCC4CO4)cc3c3cc(OCC4CO4)ccc32)cc1. The lowest BCUT2D eigenvalue weighted by molar-refractivity contribution is 0.263. The Bertz CT molecular complexity index is 1100. The van der Waals surface area contributed by atoms with E-state index in [0.29, 0.717) is 13.2 Å². The molecule has 0 radical (unpaired) electrons. The summed E-state index contributed by atoms with van der Waals surface area (Å²) in [6, 6.07) is 23.8. The van der Waals surface area contributed by atoms with Gasteiger partial charge in [0.25, 0.3) is 0 Å². The first-order chi connectivity index (χ1) is 14.3. The van der Waals surface area contributed by atoms with E-state index in [0.717, 1.165) is 24.7 Å². The van der Waals surface area contributed by atoms with Gasteiger partial charge >= 0.3 is 0 Å². The summed E-state index contributed by atoms with van der Waals surface area (Å²) in [4.78, 5) is 0. The maximum Gasteiger partial charge on any atom is 0.120 e. The zero-order valence-corrected chi connectivity index (χ0v) is 16.8. The van der Waals surface area contributed by atoms with Crippen LogP contribution in [0.15, 0.2) is 66.7 Å². The van der Waals surface area contributed by atoms with Gasteiger partial charge < -0.3 is 18.9 Å². The van der Waals surface area contributed by atoms with Crippen molar-refractivity contribution < 1.29 is 18.9 Å². The molecule has 0 bridgehead atoms. The second-order valence-corrected chi connectivity index (χ2v) is 9.71. The van der Waals surface area contributed by atoms with Crippen LogP contribution in [-0.2, 0) is 9.47 Å². The van der Waals surface area contributed by atoms with E-state index in [9.17, 15) is 0 Å². The Balaban J connectivity index is 1.48. The van der Waals surface area contributed by atoms with Gasteiger partial charge in [0.15, 0.2) is 0 Å². The van der Waals surface area contributed by atoms with Crippen molar-refractivity contribution in [3.05, 3.63) is 66.7 Å². The van der Waals surface area contributed by atoms with Crippen molar-refractivity contribution in [1.82, 2.24) is 0 Å². The fourth-order valence-corrected chi connectivity index (χ4v) is 6.31. The summed E-state index contributed by atoms with van der Waals surface area (Å²) < 4.78 is 22.5. The lowest BCUT2D eigenvalue weighted by atomic mass is 10.1. The van der Waals surface area contributed by atoms with Gasteiger partial charge in [0.05, 0.1) is 13.2 Å². The molecule has 0 spiro atoms. The molecular weight excluding hydrogens is 383 g/mol. The van der Waals surface area contributed by atoms with E-state index in [4.69, 9.17) is 18.9 Å². The maximum atomic E-state index is 5.96. The van der Waals surface area contributed by atoms with Crippen LogP contribution < -0.4 is 9.47 Å². The van der Waals surface area contributed by atoms with E-state index in [-0.39, 0.29) is 12.2 Å². The number of ether oxygens (including phenoxy) is 4. The van der Waals surface area contributed by atoms with E-state index >= 15 is 0 Å². The summed E-state index contributed by atoms with van der Waals surface area (Å²) in [5.41, 5.74) is 0. The number of fused-ring (bicyclic) bond motifs is 3. The van der Waals surface area contributed by atoms with E-state index in [2.05, 4.69) is 66.7 Å². The number of hydrogen-bond acceptors (Lipinski definition) is 4. The highest BCUT2D eigenvalue weighted by Gasteiger charge is 2.24. The van der Waals surface area contributed by atoms with Crippen LogP contribution in [0.4, 0.5) is 0 Å². The second kappa shape index (κ2) is 7.07. The predicted octanol–water partition coefficient (Wildman–Crippen LogP) is 5.52. The molecule has 146 valence electrons. The average Bonchev–Trinajstić information content (AvgIpc) is 3.69. The molecule has 4 nitrogen and oxygen atoms in total. The monoisotopic (exact) mass is 404 g/mol. The Labute approximate surface area is 170 Å². The van der Waals surface area contributed by atoms with Crippen molar-refractivity contribution >= 4 is 28.5 Å². The van der Waals surface area contributed by atoms with Gasteiger partial charge in [-0.15, -0.1) is 0 Å². The minimum Gasteiger partial charge on any atom is -0.491 e. The molecule has 6 rings (SSSR count). The number of rotatable bonds is 7. The van der Waals surface area contributed by atoms with Gasteiger partial charge in [0.1, 0.15) is 36.9 Å². The molecule has 2 fully saturated rings. The molecule has 2 atom stereocenters. The smallest absolute Gasteiger partial charge is 0.120 e. The highest BCUT2D eigenvalue weighted by molar-refractivity contribution is 7.67. The Morgan fingerprint density at radius 1 is 0.724 bits per heavy atom. The molecule has 0 amide bonds.